The number of aromatic amines is 1. The van der Waals surface area contributed by atoms with Gasteiger partial charge in [0.25, 0.3) is 5.56 Å². The van der Waals surface area contributed by atoms with Crippen molar-refractivity contribution in [3.8, 4) is 22.8 Å². The van der Waals surface area contributed by atoms with E-state index in [0.29, 0.717) is 41.7 Å². The van der Waals surface area contributed by atoms with Gasteiger partial charge in [0.15, 0.2) is 5.82 Å². The van der Waals surface area contributed by atoms with Crippen LogP contribution in [0.2, 0.25) is 5.02 Å². The summed E-state index contributed by atoms with van der Waals surface area (Å²) in [5.41, 5.74) is 5.23. The second-order valence-corrected chi connectivity index (χ2v) is 11.4. The number of nitrogens with zero attached hydrogens (tertiary/aromatic N) is 2. The van der Waals surface area contributed by atoms with E-state index >= 15 is 0 Å². The summed E-state index contributed by atoms with van der Waals surface area (Å²) in [5, 5.41) is 0.563. The van der Waals surface area contributed by atoms with Gasteiger partial charge in [0.1, 0.15) is 11.4 Å². The Morgan fingerprint density at radius 3 is 2.19 bits per heavy atom. The van der Waals surface area contributed by atoms with E-state index in [0.717, 1.165) is 34.5 Å². The van der Waals surface area contributed by atoms with Crippen LogP contribution >= 0.6 is 11.6 Å². The molecule has 7 heteroatoms. The van der Waals surface area contributed by atoms with E-state index in [1.807, 2.05) is 72.9 Å². The molecule has 3 aromatic rings. The number of nitrogens with one attached hydrogen (secondary N) is 1. The third-order valence-electron chi connectivity index (χ3n) is 7.68. The SMILES string of the molecule is CCCCCCCCCCOc1ccc(Cc2nc3c(Cc4ccccc4)[nH]c(-c4ccccc4)cn-3c2=O)cc1Cl.[NaH]. The molecule has 5 nitrogen and oxygen atoms in total. The van der Waals surface area contributed by atoms with Crippen LogP contribution in [0.1, 0.15) is 80.8 Å². The topological polar surface area (TPSA) is 59.9 Å². The first-order valence-electron chi connectivity index (χ1n) is 15.3. The second-order valence-electron chi connectivity index (χ2n) is 11.0. The molecule has 0 aromatic heterocycles. The summed E-state index contributed by atoms with van der Waals surface area (Å²) in [6, 6.07) is 26.0. The molecule has 43 heavy (non-hydrogen) atoms. The van der Waals surface area contributed by atoms with Gasteiger partial charge in [-0.25, -0.2) is 4.98 Å². The number of benzene rings is 3. The molecule has 0 unspecified atom stereocenters. The number of aromatic nitrogens is 3. The quantitative estimate of drug-likeness (QED) is 0.0963. The Bertz CT molecular complexity index is 1580. The second kappa shape index (κ2) is 16.9. The summed E-state index contributed by atoms with van der Waals surface area (Å²) >= 11 is 6.60. The van der Waals surface area contributed by atoms with Crippen molar-refractivity contribution < 1.29 is 4.74 Å². The number of ether oxygens (including phenoxy) is 1. The van der Waals surface area contributed by atoms with Gasteiger partial charge in [-0.1, -0.05) is 130 Å². The normalized spacial score (nSPS) is 11.0. The van der Waals surface area contributed by atoms with Crippen molar-refractivity contribution in [2.75, 3.05) is 6.61 Å². The van der Waals surface area contributed by atoms with E-state index in [9.17, 15) is 4.79 Å². The number of halogens is 1. The van der Waals surface area contributed by atoms with E-state index < -0.39 is 0 Å². The number of rotatable bonds is 15. The first kappa shape index (κ1) is 33.1. The van der Waals surface area contributed by atoms with Crippen LogP contribution in [-0.2, 0) is 12.8 Å². The monoisotopic (exact) mass is 605 g/mol. The van der Waals surface area contributed by atoms with E-state index in [2.05, 4.69) is 24.0 Å². The molecular weight excluding hydrogens is 565 g/mol. The van der Waals surface area contributed by atoms with E-state index in [-0.39, 0.29) is 35.1 Å². The Labute approximate surface area is 282 Å². The predicted octanol–water partition coefficient (Wildman–Crippen LogP) is 8.37. The van der Waals surface area contributed by atoms with Crippen molar-refractivity contribution in [1.29, 1.82) is 0 Å². The van der Waals surface area contributed by atoms with Crippen LogP contribution in [0.3, 0.4) is 0 Å². The zero-order valence-electron chi connectivity index (χ0n) is 24.4. The van der Waals surface area contributed by atoms with Gasteiger partial charge in [-0.05, 0) is 35.2 Å². The molecule has 0 fully saturated rings. The molecule has 220 valence electrons. The molecule has 2 aliphatic rings. The van der Waals surface area contributed by atoms with Gasteiger partial charge in [0, 0.05) is 19.0 Å². The van der Waals surface area contributed by atoms with Gasteiger partial charge < -0.3 is 9.72 Å². The summed E-state index contributed by atoms with van der Waals surface area (Å²) in [5.74, 6) is 1.34. The Balaban J connectivity index is 0.00000423. The maximum absolute atomic E-state index is 13.6. The molecule has 1 N–H and O–H groups in total. The van der Waals surface area contributed by atoms with Crippen molar-refractivity contribution in [3.63, 3.8) is 0 Å². The molecular formula is C36H41ClN3NaO2. The van der Waals surface area contributed by atoms with Crippen LogP contribution in [0.5, 0.6) is 5.75 Å². The Morgan fingerprint density at radius 2 is 1.49 bits per heavy atom. The van der Waals surface area contributed by atoms with Gasteiger partial charge in [0.2, 0.25) is 0 Å². The number of hydrogen-bond acceptors (Lipinski definition) is 3. The van der Waals surface area contributed by atoms with E-state index in [1.54, 1.807) is 4.57 Å². The zero-order chi connectivity index (χ0) is 29.1. The van der Waals surface area contributed by atoms with Crippen molar-refractivity contribution in [3.05, 3.63) is 123 Å². The average molecular weight is 606 g/mol. The third-order valence-corrected chi connectivity index (χ3v) is 7.98. The van der Waals surface area contributed by atoms with Gasteiger partial charge in [-0.3, -0.25) is 9.36 Å². The average Bonchev–Trinajstić information content (AvgIpc) is 3.33. The van der Waals surface area contributed by atoms with Crippen molar-refractivity contribution in [1.82, 2.24) is 14.5 Å². The first-order valence-corrected chi connectivity index (χ1v) is 15.6. The molecule has 0 aliphatic carbocycles. The number of hydrogen-bond donors (Lipinski definition) is 1. The fraction of sp³-hybridized carbons (Fsp3) is 0.333. The third kappa shape index (κ3) is 9.09. The molecule has 3 aromatic carbocycles. The van der Waals surface area contributed by atoms with Crippen molar-refractivity contribution in [2.24, 2.45) is 0 Å². The van der Waals surface area contributed by atoms with Crippen molar-refractivity contribution >= 4 is 41.2 Å². The van der Waals surface area contributed by atoms with Crippen LogP contribution in [0.4, 0.5) is 0 Å². The van der Waals surface area contributed by atoms with Gasteiger partial charge in [-0.2, -0.15) is 0 Å². The van der Waals surface area contributed by atoms with Crippen LogP contribution in [0, 0.1) is 0 Å². The molecule has 0 saturated heterocycles. The molecule has 5 rings (SSSR count). The van der Waals surface area contributed by atoms with Crippen LogP contribution < -0.4 is 10.3 Å². The Morgan fingerprint density at radius 1 is 0.814 bits per heavy atom. The molecule has 0 spiro atoms. The molecule has 0 amide bonds. The van der Waals surface area contributed by atoms with Crippen LogP contribution in [0.15, 0.2) is 89.9 Å². The van der Waals surface area contributed by atoms with Crippen molar-refractivity contribution in [2.45, 2.75) is 71.1 Å². The molecule has 0 saturated carbocycles. The van der Waals surface area contributed by atoms with Gasteiger partial charge in [0.05, 0.1) is 23.0 Å². The number of H-pyrrole nitrogens is 1. The Kier molecular flexibility index (Phi) is 13.0. The van der Waals surface area contributed by atoms with Crippen LogP contribution in [-0.4, -0.2) is 50.7 Å². The summed E-state index contributed by atoms with van der Waals surface area (Å²) in [4.78, 5) is 22.0. The molecule has 0 bridgehead atoms. The minimum atomic E-state index is -0.114. The summed E-state index contributed by atoms with van der Waals surface area (Å²) < 4.78 is 7.64. The van der Waals surface area contributed by atoms with E-state index in [4.69, 9.17) is 21.3 Å². The summed E-state index contributed by atoms with van der Waals surface area (Å²) in [7, 11) is 0. The summed E-state index contributed by atoms with van der Waals surface area (Å²) in [6.45, 7) is 2.91. The molecule has 2 heterocycles. The number of unbranched alkanes of at least 4 members (excludes halogenated alkanes) is 7. The predicted molar refractivity (Wildman–Crippen MR) is 180 cm³/mol. The summed E-state index contributed by atoms with van der Waals surface area (Å²) in [6.07, 6.45) is 13.0. The number of fused-ring (bicyclic) bond motifs is 1. The minimum absolute atomic E-state index is 0. The standard InChI is InChI=1S/C36H40ClN3O2.Na.H/c1-2-3-4-5-6-7-8-15-22-42-34-21-20-28(23-30(34)37)25-32-36(41)40-26-33(29-18-13-10-14-19-29)38-31(35(40)39-32)24-27-16-11-9-12-17-27;;/h9-14,16-21,23,26,38H,2-8,15,22,24-25H2,1H3;;. The number of imidazole rings is 1. The fourth-order valence-electron chi connectivity index (χ4n) is 5.36. The van der Waals surface area contributed by atoms with E-state index in [1.165, 1.54) is 44.9 Å². The van der Waals surface area contributed by atoms with Gasteiger partial charge in [-0.15, -0.1) is 0 Å². The molecule has 0 atom stereocenters. The Hall–Kier alpha value is -2.83. The van der Waals surface area contributed by atoms with Gasteiger partial charge >= 0.3 is 29.6 Å². The molecule has 2 aliphatic heterocycles. The fourth-order valence-corrected chi connectivity index (χ4v) is 5.62. The molecule has 0 radical (unpaired) electrons. The maximum atomic E-state index is 13.6. The van der Waals surface area contributed by atoms with Crippen LogP contribution in [0.25, 0.3) is 17.1 Å². The zero-order valence-corrected chi connectivity index (χ0v) is 25.2. The first-order chi connectivity index (χ1) is 20.6.